The van der Waals surface area contributed by atoms with Crippen LogP contribution in [-0.4, -0.2) is 61.8 Å². The fourth-order valence-electron chi connectivity index (χ4n) is 2.46. The standard InChI is InChI=1S/C13H16F6N3O7S2/c1-5-29-10(23)11(2,8-20-6-7-21(8)3)9(28-4)22(30(24,25)12(14,15)16)31(26,27)13(17,18)19/h6-7H,5H2,1-4H3/q+1/p+1. The smallest absolute Gasteiger partial charge is 0.465 e. The number of nitrogens with zero attached hydrogens (tertiary/aromatic N) is 2. The third-order valence-electron chi connectivity index (χ3n) is 3.84. The molecule has 0 amide bonds. The molecule has 1 heterocycles. The fourth-order valence-corrected chi connectivity index (χ4v) is 5.33. The Morgan fingerprint density at radius 1 is 1.10 bits per heavy atom. The molecular weight excluding hydrogens is 488 g/mol. The summed E-state index contributed by atoms with van der Waals surface area (Å²) in [4.78, 5) is 15.0. The third kappa shape index (κ3) is 4.35. The van der Waals surface area contributed by atoms with Crippen molar-refractivity contribution in [2.75, 3.05) is 13.7 Å². The summed E-state index contributed by atoms with van der Waals surface area (Å²) >= 11 is 0. The summed E-state index contributed by atoms with van der Waals surface area (Å²) in [6.07, 6.45) is 2.24. The number of sulfonamides is 2. The largest absolute Gasteiger partial charge is 0.561 e. The zero-order chi connectivity index (χ0) is 24.6. The minimum absolute atomic E-state index is 0.389. The first-order valence-corrected chi connectivity index (χ1v) is 10.7. The number of ether oxygens (including phenoxy) is 2. The highest BCUT2D eigenvalue weighted by atomic mass is 32.3. The molecule has 1 N–H and O–H groups in total. The van der Waals surface area contributed by atoms with E-state index in [1.54, 1.807) is 0 Å². The number of hydrogen-bond donors (Lipinski definition) is 1. The molecule has 1 aromatic rings. The zero-order valence-corrected chi connectivity index (χ0v) is 17.8. The van der Waals surface area contributed by atoms with Crippen molar-refractivity contribution >= 4 is 31.9 Å². The molecule has 0 radical (unpaired) electrons. The first-order chi connectivity index (χ1) is 13.8. The van der Waals surface area contributed by atoms with E-state index in [2.05, 4.69) is 14.5 Å². The Morgan fingerprint density at radius 3 is 1.84 bits per heavy atom. The number of methoxy groups -OCH3 is 1. The quantitative estimate of drug-likeness (QED) is 0.195. The van der Waals surface area contributed by atoms with E-state index in [9.17, 15) is 48.0 Å². The number of halogens is 6. The Labute approximate surface area is 172 Å². The average Bonchev–Trinajstić information content (AvgIpc) is 3.03. The van der Waals surface area contributed by atoms with E-state index in [-0.39, 0.29) is 0 Å². The molecule has 178 valence electrons. The molecule has 0 aromatic carbocycles. The van der Waals surface area contributed by atoms with Gasteiger partial charge in [0.2, 0.25) is 0 Å². The SMILES string of the molecule is CCOC(=O)C(C)(C(OC)=[N+](S(=O)(=O)C(F)(F)F)S(=O)(=O)C(F)(F)F)c1[nH]cc[n+]1C. The molecule has 0 aliphatic rings. The minimum atomic E-state index is -7.29. The number of nitrogens with one attached hydrogen (secondary N) is 1. The first kappa shape index (κ1) is 26.7. The molecule has 1 unspecified atom stereocenters. The molecule has 0 aliphatic carbocycles. The second-order valence-electron chi connectivity index (χ2n) is 5.87. The Balaban J connectivity index is 4.39. The van der Waals surface area contributed by atoms with Gasteiger partial charge in [-0.05, 0) is 13.8 Å². The number of hydrogen-bond acceptors (Lipinski definition) is 7. The van der Waals surface area contributed by atoms with E-state index in [0.717, 1.165) is 17.0 Å². The van der Waals surface area contributed by atoms with Gasteiger partial charge in [-0.3, -0.25) is 4.79 Å². The number of H-pyrrole nitrogens is 1. The number of esters is 1. The van der Waals surface area contributed by atoms with Gasteiger partial charge in [0, 0.05) is 0 Å². The van der Waals surface area contributed by atoms with Gasteiger partial charge < -0.3 is 9.47 Å². The maximum absolute atomic E-state index is 13.2. The van der Waals surface area contributed by atoms with Gasteiger partial charge >= 0.3 is 42.9 Å². The van der Waals surface area contributed by atoms with Crippen molar-refractivity contribution < 1.29 is 65.4 Å². The highest BCUT2D eigenvalue weighted by Gasteiger charge is 2.72. The lowest BCUT2D eigenvalue weighted by molar-refractivity contribution is -0.680. The van der Waals surface area contributed by atoms with Gasteiger partial charge in [-0.1, -0.05) is 0 Å². The molecule has 1 rings (SSSR count). The fraction of sp³-hybridized carbons (Fsp3) is 0.615. The molecule has 31 heavy (non-hydrogen) atoms. The van der Waals surface area contributed by atoms with E-state index < -0.39 is 64.2 Å². The molecule has 18 heteroatoms. The molecule has 0 spiro atoms. The molecule has 10 nitrogen and oxygen atoms in total. The summed E-state index contributed by atoms with van der Waals surface area (Å²) < 4.78 is 135. The number of carbonyl (C=O) groups is 1. The zero-order valence-electron chi connectivity index (χ0n) is 16.2. The lowest BCUT2D eigenvalue weighted by Gasteiger charge is -2.22. The lowest BCUT2D eigenvalue weighted by atomic mass is 9.89. The molecule has 0 saturated heterocycles. The predicted octanol–water partition coefficient (Wildman–Crippen LogP) is 0.417. The van der Waals surface area contributed by atoms with Crippen molar-refractivity contribution in [3.05, 3.63) is 18.2 Å². The highest BCUT2D eigenvalue weighted by Crippen LogP contribution is 2.35. The predicted molar refractivity (Wildman–Crippen MR) is 88.2 cm³/mol. The summed E-state index contributed by atoms with van der Waals surface area (Å²) in [6, 6.07) is 0. The van der Waals surface area contributed by atoms with Crippen molar-refractivity contribution in [1.82, 2.24) is 4.98 Å². The van der Waals surface area contributed by atoms with E-state index in [4.69, 9.17) is 0 Å². The number of aromatic amines is 1. The van der Waals surface area contributed by atoms with Crippen LogP contribution in [-0.2, 0) is 46.8 Å². The number of alkyl halides is 6. The van der Waals surface area contributed by atoms with Crippen LogP contribution in [0.4, 0.5) is 26.3 Å². The number of aromatic nitrogens is 2. The first-order valence-electron chi connectivity index (χ1n) is 7.86. The van der Waals surface area contributed by atoms with E-state index in [1.807, 2.05) is 0 Å². The van der Waals surface area contributed by atoms with Crippen molar-refractivity contribution in [2.24, 2.45) is 7.05 Å². The van der Waals surface area contributed by atoms with E-state index in [1.165, 1.54) is 14.0 Å². The number of rotatable bonds is 6. The van der Waals surface area contributed by atoms with Crippen LogP contribution < -0.4 is 4.57 Å². The highest BCUT2D eigenvalue weighted by molar-refractivity contribution is 7.98. The van der Waals surface area contributed by atoms with Crippen LogP contribution >= 0.6 is 0 Å². The third-order valence-corrected chi connectivity index (χ3v) is 7.39. The maximum Gasteiger partial charge on any atom is 0.561 e. The lowest BCUT2D eigenvalue weighted by Crippen LogP contribution is -2.57. The summed E-state index contributed by atoms with van der Waals surface area (Å²) in [7, 11) is -13.0. The summed E-state index contributed by atoms with van der Waals surface area (Å²) in [5.41, 5.74) is -16.0. The summed E-state index contributed by atoms with van der Waals surface area (Å²) in [6.45, 7) is 1.41. The van der Waals surface area contributed by atoms with Gasteiger partial charge in [0.05, 0.1) is 24.2 Å². The molecule has 1 aromatic heterocycles. The molecular formula is C13H17F6N3O7S2+2. The van der Waals surface area contributed by atoms with Gasteiger partial charge in [0.15, 0.2) is 0 Å². The van der Waals surface area contributed by atoms with Crippen LogP contribution in [0, 0.1) is 0 Å². The second kappa shape index (κ2) is 8.29. The minimum Gasteiger partial charge on any atom is -0.465 e. The second-order valence-corrected chi connectivity index (χ2v) is 9.66. The monoisotopic (exact) mass is 505 g/mol. The van der Waals surface area contributed by atoms with Crippen LogP contribution in [0.1, 0.15) is 19.7 Å². The van der Waals surface area contributed by atoms with Crippen LogP contribution in [0.2, 0.25) is 0 Å². The molecule has 0 aliphatic heterocycles. The average molecular weight is 505 g/mol. The van der Waals surface area contributed by atoms with Gasteiger partial charge in [-0.2, -0.15) is 43.2 Å². The summed E-state index contributed by atoms with van der Waals surface area (Å²) in [5.74, 6) is -4.20. The topological polar surface area (TPSA) is 126 Å². The Kier molecular flexibility index (Phi) is 7.13. The summed E-state index contributed by atoms with van der Waals surface area (Å²) in [5, 5.41) is 0. The molecule has 0 bridgehead atoms. The van der Waals surface area contributed by atoms with Gasteiger partial charge in [0.1, 0.15) is 12.4 Å². The van der Waals surface area contributed by atoms with Crippen molar-refractivity contribution in [2.45, 2.75) is 30.3 Å². The van der Waals surface area contributed by atoms with Crippen LogP contribution in [0.5, 0.6) is 0 Å². The van der Waals surface area contributed by atoms with Crippen molar-refractivity contribution in [1.29, 1.82) is 0 Å². The van der Waals surface area contributed by atoms with Crippen LogP contribution in [0.15, 0.2) is 12.4 Å². The Morgan fingerprint density at radius 2 is 1.55 bits per heavy atom. The molecule has 0 saturated carbocycles. The van der Waals surface area contributed by atoms with Gasteiger partial charge in [-0.15, -0.1) is 0 Å². The number of aryl methyl sites for hydroxylation is 1. The van der Waals surface area contributed by atoms with Crippen LogP contribution in [0.3, 0.4) is 0 Å². The normalized spacial score (nSPS) is 15.2. The van der Waals surface area contributed by atoms with Gasteiger partial charge in [0.25, 0.3) is 11.2 Å². The molecule has 1 atom stereocenters. The van der Waals surface area contributed by atoms with Crippen LogP contribution in [0.25, 0.3) is 0 Å². The van der Waals surface area contributed by atoms with Gasteiger partial charge in [-0.25, -0.2) is 9.55 Å². The number of imidazole rings is 1. The van der Waals surface area contributed by atoms with E-state index in [0.29, 0.717) is 14.0 Å². The maximum atomic E-state index is 13.2. The Bertz CT molecular complexity index is 1040. The molecule has 0 fully saturated rings. The van der Waals surface area contributed by atoms with Crippen molar-refractivity contribution in [3.63, 3.8) is 0 Å². The number of carbonyl (C=O) groups excluding carboxylic acids is 1. The van der Waals surface area contributed by atoms with Crippen molar-refractivity contribution in [3.8, 4) is 0 Å². The van der Waals surface area contributed by atoms with E-state index >= 15 is 0 Å². The Hall–Kier alpha value is -2.37.